The fraction of sp³-hybridized carbons (Fsp3) is 0.269. The number of benzene rings is 2. The van der Waals surface area contributed by atoms with E-state index < -0.39 is 0 Å². The van der Waals surface area contributed by atoms with Gasteiger partial charge in [-0.25, -0.2) is 18.3 Å². The minimum absolute atomic E-state index is 0.0666. The van der Waals surface area contributed by atoms with Gasteiger partial charge < -0.3 is 10.2 Å². The van der Waals surface area contributed by atoms with E-state index in [-0.39, 0.29) is 23.7 Å². The number of imidazole rings is 1. The molecule has 2 aromatic carbocycles. The summed E-state index contributed by atoms with van der Waals surface area (Å²) in [4.78, 5) is 16.6. The smallest absolute Gasteiger partial charge is 0.207 e. The van der Waals surface area contributed by atoms with E-state index in [9.17, 15) is 13.6 Å². The van der Waals surface area contributed by atoms with Gasteiger partial charge in [-0.1, -0.05) is 24.3 Å². The highest BCUT2D eigenvalue weighted by molar-refractivity contribution is 5.49. The fourth-order valence-corrected chi connectivity index (χ4v) is 4.18. The van der Waals surface area contributed by atoms with E-state index >= 15 is 0 Å². The number of amides is 1. The molecule has 0 bridgehead atoms. The number of nitrogens with one attached hydrogen (secondary N) is 1. The number of carbonyl (C=O) groups excluding carboxylic acids is 1. The van der Waals surface area contributed by atoms with Crippen molar-refractivity contribution >= 4 is 17.9 Å². The number of hydrogen-bond donors (Lipinski definition) is 1. The Morgan fingerprint density at radius 3 is 2.62 bits per heavy atom. The van der Waals surface area contributed by atoms with E-state index in [0.717, 1.165) is 47.7 Å². The SMILES string of the molecule is CC(NC=O)c1ccc(F)cc1.Cc1cnc2ccc(N3CCC[C@@H]3c3cccc(F)c3)nn12. The zero-order chi connectivity index (χ0) is 24.1. The predicted molar refractivity (Wildman–Crippen MR) is 127 cm³/mol. The molecule has 1 unspecified atom stereocenters. The molecule has 1 aliphatic heterocycles. The molecule has 34 heavy (non-hydrogen) atoms. The van der Waals surface area contributed by atoms with Gasteiger partial charge in [-0.05, 0) is 74.2 Å². The largest absolute Gasteiger partial charge is 0.352 e. The Bertz CT molecular complexity index is 1260. The highest BCUT2D eigenvalue weighted by Gasteiger charge is 2.27. The predicted octanol–water partition coefficient (Wildman–Crippen LogP) is 5.15. The lowest BCUT2D eigenvalue weighted by atomic mass is 10.0. The van der Waals surface area contributed by atoms with Crippen molar-refractivity contribution in [1.29, 1.82) is 0 Å². The number of aryl methyl sites for hydroxylation is 1. The summed E-state index contributed by atoms with van der Waals surface area (Å²) in [6.45, 7) is 4.76. The maximum atomic E-state index is 13.5. The van der Waals surface area contributed by atoms with Crippen molar-refractivity contribution in [2.24, 2.45) is 0 Å². The molecule has 176 valence electrons. The van der Waals surface area contributed by atoms with Gasteiger partial charge in [0.25, 0.3) is 0 Å². The van der Waals surface area contributed by atoms with Crippen LogP contribution in [0.5, 0.6) is 0 Å². The van der Waals surface area contributed by atoms with Crippen LogP contribution >= 0.6 is 0 Å². The highest BCUT2D eigenvalue weighted by Crippen LogP contribution is 2.35. The van der Waals surface area contributed by atoms with Gasteiger partial charge in [0.1, 0.15) is 17.5 Å². The first-order chi connectivity index (χ1) is 16.5. The molecule has 0 aliphatic carbocycles. The van der Waals surface area contributed by atoms with Crippen molar-refractivity contribution in [2.75, 3.05) is 11.4 Å². The second kappa shape index (κ2) is 10.4. The lowest BCUT2D eigenvalue weighted by molar-refractivity contribution is -0.110. The number of aromatic nitrogens is 3. The summed E-state index contributed by atoms with van der Waals surface area (Å²) in [7, 11) is 0. The summed E-state index contributed by atoms with van der Waals surface area (Å²) in [5, 5.41) is 7.28. The molecule has 2 aromatic heterocycles. The van der Waals surface area contributed by atoms with Crippen LogP contribution in [0, 0.1) is 18.6 Å². The van der Waals surface area contributed by atoms with Crippen molar-refractivity contribution in [3.8, 4) is 0 Å². The van der Waals surface area contributed by atoms with Gasteiger partial charge >= 0.3 is 0 Å². The Kier molecular flexibility index (Phi) is 7.15. The third-order valence-corrected chi connectivity index (χ3v) is 5.99. The average molecular weight is 464 g/mol. The molecule has 5 rings (SSSR count). The van der Waals surface area contributed by atoms with Gasteiger partial charge in [-0.3, -0.25) is 4.79 Å². The van der Waals surface area contributed by atoms with E-state index in [2.05, 4.69) is 15.2 Å². The summed E-state index contributed by atoms with van der Waals surface area (Å²) in [5.41, 5.74) is 3.77. The van der Waals surface area contributed by atoms with Crippen LogP contribution in [0.1, 0.15) is 48.7 Å². The van der Waals surface area contributed by atoms with Crippen LogP contribution in [0.15, 0.2) is 66.9 Å². The number of fused-ring (bicyclic) bond motifs is 1. The molecule has 3 heterocycles. The van der Waals surface area contributed by atoms with Crippen LogP contribution in [-0.2, 0) is 4.79 Å². The molecule has 1 saturated heterocycles. The number of hydrogen-bond acceptors (Lipinski definition) is 4. The standard InChI is InChI=1S/C17H17FN4.C9H10FNO/c1-12-11-19-16-7-8-17(20-22(12)16)21-9-3-6-15(21)13-4-2-5-14(18)10-13;1-7(11-6-12)8-2-4-9(10)5-3-8/h2,4-5,7-8,10-11,15H,3,6,9H2,1H3;2-7H,1H3,(H,11,12)/t15-;/m1./s1. The summed E-state index contributed by atoms with van der Waals surface area (Å²) in [6, 6.07) is 17.0. The molecule has 1 fully saturated rings. The first kappa shape index (κ1) is 23.4. The molecule has 1 amide bonds. The maximum absolute atomic E-state index is 13.5. The van der Waals surface area contributed by atoms with Gasteiger partial charge in [0.15, 0.2) is 5.65 Å². The lowest BCUT2D eigenvalue weighted by Gasteiger charge is -2.26. The van der Waals surface area contributed by atoms with Crippen LogP contribution in [0.25, 0.3) is 5.65 Å². The third-order valence-electron chi connectivity index (χ3n) is 5.99. The molecule has 1 aliphatic rings. The van der Waals surface area contributed by atoms with Crippen LogP contribution in [0.4, 0.5) is 14.6 Å². The van der Waals surface area contributed by atoms with Gasteiger partial charge in [0.2, 0.25) is 6.41 Å². The zero-order valence-corrected chi connectivity index (χ0v) is 19.2. The molecular weight excluding hydrogens is 436 g/mol. The van der Waals surface area contributed by atoms with Crippen LogP contribution in [0.3, 0.4) is 0 Å². The minimum atomic E-state index is -0.267. The third kappa shape index (κ3) is 5.22. The van der Waals surface area contributed by atoms with Gasteiger partial charge in [-0.15, -0.1) is 5.10 Å². The molecule has 6 nitrogen and oxygen atoms in total. The number of rotatable bonds is 5. The topological polar surface area (TPSA) is 62.5 Å². The molecule has 0 radical (unpaired) electrons. The zero-order valence-electron chi connectivity index (χ0n) is 19.2. The van der Waals surface area contributed by atoms with Crippen LogP contribution in [0.2, 0.25) is 0 Å². The molecule has 8 heteroatoms. The minimum Gasteiger partial charge on any atom is -0.352 e. The Hall–Kier alpha value is -3.81. The molecule has 0 spiro atoms. The van der Waals surface area contributed by atoms with E-state index in [0.29, 0.717) is 6.41 Å². The second-order valence-corrected chi connectivity index (χ2v) is 8.33. The first-order valence-corrected chi connectivity index (χ1v) is 11.2. The van der Waals surface area contributed by atoms with E-state index in [4.69, 9.17) is 5.10 Å². The Balaban J connectivity index is 0.000000195. The lowest BCUT2D eigenvalue weighted by Crippen LogP contribution is -2.24. The molecule has 0 saturated carbocycles. The number of nitrogens with zero attached hydrogens (tertiary/aromatic N) is 4. The fourth-order valence-electron chi connectivity index (χ4n) is 4.18. The number of halogens is 2. The number of anilines is 1. The molecule has 4 aromatic rings. The monoisotopic (exact) mass is 463 g/mol. The summed E-state index contributed by atoms with van der Waals surface area (Å²) >= 11 is 0. The summed E-state index contributed by atoms with van der Waals surface area (Å²) in [5.74, 6) is 0.468. The summed E-state index contributed by atoms with van der Waals surface area (Å²) in [6.07, 6.45) is 4.56. The Morgan fingerprint density at radius 2 is 1.88 bits per heavy atom. The Morgan fingerprint density at radius 1 is 1.09 bits per heavy atom. The summed E-state index contributed by atoms with van der Waals surface area (Å²) < 4.78 is 27.8. The van der Waals surface area contributed by atoms with Crippen molar-refractivity contribution in [2.45, 2.75) is 38.8 Å². The highest BCUT2D eigenvalue weighted by atomic mass is 19.1. The van der Waals surface area contributed by atoms with E-state index in [1.165, 1.54) is 18.2 Å². The van der Waals surface area contributed by atoms with Crippen molar-refractivity contribution in [3.05, 3.63) is 95.3 Å². The molecular formula is C26H27F2N5O. The van der Waals surface area contributed by atoms with Crippen LogP contribution in [-0.4, -0.2) is 27.6 Å². The number of carbonyl (C=O) groups is 1. The normalized spacial score (nSPS) is 16.1. The van der Waals surface area contributed by atoms with Crippen molar-refractivity contribution < 1.29 is 13.6 Å². The van der Waals surface area contributed by atoms with Gasteiger partial charge in [0.05, 0.1) is 24.0 Å². The van der Waals surface area contributed by atoms with Gasteiger partial charge in [-0.2, -0.15) is 0 Å². The first-order valence-electron chi connectivity index (χ1n) is 11.2. The van der Waals surface area contributed by atoms with E-state index in [1.54, 1.807) is 24.3 Å². The van der Waals surface area contributed by atoms with Crippen LogP contribution < -0.4 is 10.2 Å². The molecule has 1 N–H and O–H groups in total. The van der Waals surface area contributed by atoms with Gasteiger partial charge in [0, 0.05) is 6.54 Å². The second-order valence-electron chi connectivity index (χ2n) is 8.33. The van der Waals surface area contributed by atoms with E-state index in [1.807, 2.05) is 42.8 Å². The molecule has 2 atom stereocenters. The van der Waals surface area contributed by atoms with Crippen molar-refractivity contribution in [3.63, 3.8) is 0 Å². The Labute approximate surface area is 197 Å². The average Bonchev–Trinajstić information content (AvgIpc) is 3.47. The maximum Gasteiger partial charge on any atom is 0.207 e. The van der Waals surface area contributed by atoms with Crippen molar-refractivity contribution in [1.82, 2.24) is 19.9 Å². The quantitative estimate of drug-likeness (QED) is 0.416.